The molecule has 0 radical (unpaired) electrons. The third-order valence-corrected chi connectivity index (χ3v) is 3.85. The highest BCUT2D eigenvalue weighted by molar-refractivity contribution is 5.89. The average Bonchev–Trinajstić information content (AvgIpc) is 2.82. The number of nitrogens with zero attached hydrogens (tertiary/aromatic N) is 1. The molecule has 1 saturated carbocycles. The van der Waals surface area contributed by atoms with Gasteiger partial charge in [0, 0.05) is 11.6 Å². The summed E-state index contributed by atoms with van der Waals surface area (Å²) >= 11 is 0. The van der Waals surface area contributed by atoms with E-state index in [1.165, 1.54) is 0 Å². The number of aromatic nitrogens is 1. The normalized spacial score (nSPS) is 16.9. The van der Waals surface area contributed by atoms with E-state index in [0.717, 1.165) is 41.5 Å². The van der Waals surface area contributed by atoms with Crippen LogP contribution in [0.1, 0.15) is 24.8 Å². The van der Waals surface area contributed by atoms with Crippen LogP contribution in [-0.4, -0.2) is 18.2 Å². The van der Waals surface area contributed by atoms with Crippen LogP contribution in [0.4, 0.5) is 0 Å². The zero-order valence-electron chi connectivity index (χ0n) is 10.2. The standard InChI is InChI=1S/C14H14N2O2/c1-18-12-4-3-11(10-5-8-15-13(10)12)14(16-9-17)6-2-7-14/h3-5,8,15H,2,6-7H2,1H3. The first-order valence-electron chi connectivity index (χ1n) is 6.04. The Kier molecular flexibility index (Phi) is 2.46. The van der Waals surface area contributed by atoms with Crippen molar-refractivity contribution >= 4 is 17.0 Å². The molecule has 0 bridgehead atoms. The maximum absolute atomic E-state index is 10.7. The summed E-state index contributed by atoms with van der Waals surface area (Å²) in [5.41, 5.74) is 1.69. The summed E-state index contributed by atoms with van der Waals surface area (Å²) in [6.07, 6.45) is 6.53. The van der Waals surface area contributed by atoms with Crippen LogP contribution in [0, 0.1) is 0 Å². The molecular formula is C14H14N2O2. The van der Waals surface area contributed by atoms with Crippen molar-refractivity contribution in [2.45, 2.75) is 24.8 Å². The molecule has 1 aliphatic carbocycles. The van der Waals surface area contributed by atoms with Crippen molar-refractivity contribution in [2.75, 3.05) is 7.11 Å². The number of aliphatic imine (C=N–C) groups is 1. The molecule has 1 heterocycles. The van der Waals surface area contributed by atoms with Crippen molar-refractivity contribution in [1.29, 1.82) is 0 Å². The van der Waals surface area contributed by atoms with E-state index in [1.807, 2.05) is 24.4 Å². The van der Waals surface area contributed by atoms with Crippen LogP contribution in [0.5, 0.6) is 5.75 Å². The molecule has 0 atom stereocenters. The van der Waals surface area contributed by atoms with Gasteiger partial charge in [-0.3, -0.25) is 0 Å². The second-order valence-electron chi connectivity index (χ2n) is 4.67. The number of rotatable bonds is 3. The third kappa shape index (κ3) is 1.39. The first-order chi connectivity index (χ1) is 8.80. The van der Waals surface area contributed by atoms with Gasteiger partial charge < -0.3 is 9.72 Å². The minimum absolute atomic E-state index is 0.367. The van der Waals surface area contributed by atoms with Crippen LogP contribution in [0.3, 0.4) is 0 Å². The maximum Gasteiger partial charge on any atom is 0.235 e. The molecule has 4 nitrogen and oxygen atoms in total. The number of hydrogen-bond donors (Lipinski definition) is 1. The van der Waals surface area contributed by atoms with Crippen molar-refractivity contribution in [3.63, 3.8) is 0 Å². The lowest BCUT2D eigenvalue weighted by Gasteiger charge is -2.37. The molecule has 0 spiro atoms. The minimum Gasteiger partial charge on any atom is -0.495 e. The van der Waals surface area contributed by atoms with Crippen LogP contribution in [0.2, 0.25) is 0 Å². The summed E-state index contributed by atoms with van der Waals surface area (Å²) in [7, 11) is 1.65. The Morgan fingerprint density at radius 3 is 2.83 bits per heavy atom. The van der Waals surface area contributed by atoms with Crippen LogP contribution in [-0.2, 0) is 10.3 Å². The summed E-state index contributed by atoms with van der Waals surface area (Å²) in [6.45, 7) is 0. The molecule has 0 unspecified atom stereocenters. The fraction of sp³-hybridized carbons (Fsp3) is 0.357. The number of hydrogen-bond acceptors (Lipinski definition) is 3. The van der Waals surface area contributed by atoms with E-state index >= 15 is 0 Å². The van der Waals surface area contributed by atoms with Crippen molar-refractivity contribution in [3.8, 4) is 5.75 Å². The number of benzene rings is 1. The van der Waals surface area contributed by atoms with E-state index < -0.39 is 0 Å². The molecule has 18 heavy (non-hydrogen) atoms. The van der Waals surface area contributed by atoms with Gasteiger partial charge in [0.1, 0.15) is 5.75 Å². The number of nitrogens with one attached hydrogen (secondary N) is 1. The van der Waals surface area contributed by atoms with E-state index in [1.54, 1.807) is 13.2 Å². The molecule has 1 N–H and O–H groups in total. The van der Waals surface area contributed by atoms with Crippen LogP contribution >= 0.6 is 0 Å². The number of isocyanates is 1. The van der Waals surface area contributed by atoms with Gasteiger partial charge in [-0.2, -0.15) is 4.99 Å². The molecule has 1 aromatic carbocycles. The topological polar surface area (TPSA) is 54.4 Å². The number of aromatic amines is 1. The van der Waals surface area contributed by atoms with Gasteiger partial charge in [-0.1, -0.05) is 6.07 Å². The van der Waals surface area contributed by atoms with Crippen LogP contribution < -0.4 is 4.74 Å². The van der Waals surface area contributed by atoms with E-state index in [-0.39, 0.29) is 5.54 Å². The Bertz CT molecular complexity index is 634. The molecule has 2 aromatic rings. The highest BCUT2D eigenvalue weighted by Crippen LogP contribution is 2.47. The van der Waals surface area contributed by atoms with Crippen molar-refractivity contribution in [3.05, 3.63) is 30.0 Å². The van der Waals surface area contributed by atoms with Crippen LogP contribution in [0.25, 0.3) is 10.9 Å². The van der Waals surface area contributed by atoms with Gasteiger partial charge in [-0.05, 0) is 37.0 Å². The quantitative estimate of drug-likeness (QED) is 0.664. The average molecular weight is 242 g/mol. The lowest BCUT2D eigenvalue weighted by atomic mass is 9.71. The number of fused-ring (bicyclic) bond motifs is 1. The van der Waals surface area contributed by atoms with Crippen molar-refractivity contribution in [1.82, 2.24) is 4.98 Å². The molecule has 0 aliphatic heterocycles. The summed E-state index contributed by atoms with van der Waals surface area (Å²) < 4.78 is 5.33. The first-order valence-corrected chi connectivity index (χ1v) is 6.04. The Balaban J connectivity index is 2.24. The second kappa shape index (κ2) is 4.00. The van der Waals surface area contributed by atoms with Gasteiger partial charge in [0.2, 0.25) is 6.08 Å². The monoisotopic (exact) mass is 242 g/mol. The van der Waals surface area contributed by atoms with E-state index in [0.29, 0.717) is 0 Å². The number of methoxy groups -OCH3 is 1. The molecule has 1 aromatic heterocycles. The predicted octanol–water partition coefficient (Wildman–Crippen LogP) is 2.89. The Morgan fingerprint density at radius 2 is 2.22 bits per heavy atom. The summed E-state index contributed by atoms with van der Waals surface area (Å²) in [4.78, 5) is 17.9. The van der Waals surface area contributed by atoms with Gasteiger partial charge in [0.25, 0.3) is 0 Å². The molecule has 0 amide bonds. The molecule has 3 rings (SSSR count). The van der Waals surface area contributed by atoms with E-state index in [9.17, 15) is 4.79 Å². The van der Waals surface area contributed by atoms with E-state index in [4.69, 9.17) is 4.74 Å². The largest absolute Gasteiger partial charge is 0.495 e. The molecule has 1 aliphatic rings. The number of carbonyl (C=O) groups excluding carboxylic acids is 1. The predicted molar refractivity (Wildman–Crippen MR) is 68.5 cm³/mol. The van der Waals surface area contributed by atoms with Crippen molar-refractivity contribution in [2.24, 2.45) is 4.99 Å². The highest BCUT2D eigenvalue weighted by Gasteiger charge is 2.40. The maximum atomic E-state index is 10.7. The fourth-order valence-corrected chi connectivity index (χ4v) is 2.75. The summed E-state index contributed by atoms with van der Waals surface area (Å²) in [6, 6.07) is 5.94. The van der Waals surface area contributed by atoms with E-state index in [2.05, 4.69) is 9.98 Å². The molecule has 0 saturated heterocycles. The molecule has 1 fully saturated rings. The van der Waals surface area contributed by atoms with Gasteiger partial charge in [0.15, 0.2) is 0 Å². The third-order valence-electron chi connectivity index (χ3n) is 3.85. The number of ether oxygens (including phenoxy) is 1. The SMILES string of the molecule is COc1ccc(C2(N=C=O)CCC2)c2cc[nH]c12. The Hall–Kier alpha value is -2.06. The first kappa shape index (κ1) is 11.1. The summed E-state index contributed by atoms with van der Waals surface area (Å²) in [5, 5.41) is 1.08. The number of H-pyrrole nitrogens is 1. The van der Waals surface area contributed by atoms with Crippen molar-refractivity contribution < 1.29 is 9.53 Å². The molecule has 92 valence electrons. The van der Waals surface area contributed by atoms with Gasteiger partial charge in [0.05, 0.1) is 18.2 Å². The zero-order valence-corrected chi connectivity index (χ0v) is 10.2. The van der Waals surface area contributed by atoms with Crippen LogP contribution in [0.15, 0.2) is 29.4 Å². The van der Waals surface area contributed by atoms with Gasteiger partial charge >= 0.3 is 0 Å². The Labute approximate surface area is 105 Å². The lowest BCUT2D eigenvalue weighted by Crippen LogP contribution is -2.32. The molecular weight excluding hydrogens is 228 g/mol. The Morgan fingerprint density at radius 1 is 1.39 bits per heavy atom. The molecule has 4 heteroatoms. The lowest BCUT2D eigenvalue weighted by molar-refractivity contribution is 0.258. The summed E-state index contributed by atoms with van der Waals surface area (Å²) in [5.74, 6) is 0.809. The second-order valence-corrected chi connectivity index (χ2v) is 4.67. The minimum atomic E-state index is -0.367. The van der Waals surface area contributed by atoms with Gasteiger partial charge in [-0.25, -0.2) is 4.79 Å². The van der Waals surface area contributed by atoms with Gasteiger partial charge in [-0.15, -0.1) is 0 Å². The highest BCUT2D eigenvalue weighted by atomic mass is 16.5. The smallest absolute Gasteiger partial charge is 0.235 e. The zero-order chi connectivity index (χ0) is 12.6. The fourth-order valence-electron chi connectivity index (χ4n) is 2.75.